The van der Waals surface area contributed by atoms with E-state index in [1.165, 1.54) is 11.3 Å². The Morgan fingerprint density at radius 2 is 1.63 bits per heavy atom. The van der Waals surface area contributed by atoms with E-state index in [4.69, 9.17) is 5.73 Å². The Morgan fingerprint density at radius 1 is 0.926 bits per heavy atom. The van der Waals surface area contributed by atoms with Crippen LogP contribution in [-0.2, 0) is 11.2 Å². The molecule has 1 aromatic heterocycles. The van der Waals surface area contributed by atoms with Gasteiger partial charge in [-0.2, -0.15) is 0 Å². The molecule has 0 aliphatic rings. The monoisotopic (exact) mass is 380 g/mol. The van der Waals surface area contributed by atoms with Crippen molar-refractivity contribution >= 4 is 39.9 Å². The molecule has 0 radical (unpaired) electrons. The summed E-state index contributed by atoms with van der Waals surface area (Å²) in [5.74, 6) is -1.22. The summed E-state index contributed by atoms with van der Waals surface area (Å²) in [7, 11) is 0. The van der Waals surface area contributed by atoms with Gasteiger partial charge in [-0.05, 0) is 24.3 Å². The molecule has 0 saturated heterocycles. The van der Waals surface area contributed by atoms with Crippen LogP contribution < -0.4 is 16.4 Å². The first-order valence-electron chi connectivity index (χ1n) is 8.02. The highest BCUT2D eigenvalue weighted by Gasteiger charge is 2.15. The number of rotatable bonds is 6. The first-order chi connectivity index (χ1) is 13.0. The third-order valence-electron chi connectivity index (χ3n) is 3.58. The molecule has 3 aromatic rings. The van der Waals surface area contributed by atoms with Crippen LogP contribution in [-0.4, -0.2) is 22.7 Å². The number of nitrogens with one attached hydrogen (secondary N) is 2. The van der Waals surface area contributed by atoms with E-state index in [-0.39, 0.29) is 12.3 Å². The van der Waals surface area contributed by atoms with Crippen LogP contribution in [0.4, 0.5) is 10.8 Å². The molecule has 0 atom stereocenters. The lowest BCUT2D eigenvalue weighted by atomic mass is 10.1. The quantitative estimate of drug-likeness (QED) is 0.610. The van der Waals surface area contributed by atoms with E-state index in [0.29, 0.717) is 27.6 Å². The minimum absolute atomic E-state index is 0.0100. The number of nitrogens with two attached hydrogens (primary N) is 1. The predicted octanol–water partition coefficient (Wildman–Crippen LogP) is 2.68. The number of thiazole rings is 1. The minimum Gasteiger partial charge on any atom is -0.369 e. The summed E-state index contributed by atoms with van der Waals surface area (Å²) in [5.41, 5.74) is 6.81. The molecule has 0 bridgehead atoms. The maximum absolute atomic E-state index is 12.6. The van der Waals surface area contributed by atoms with Gasteiger partial charge in [-0.15, -0.1) is 11.3 Å². The SMILES string of the molecule is NC(=O)Cc1csc(NC(=O)c2ccccc2NC(=O)c2ccccc2)n1. The molecule has 4 N–H and O–H groups in total. The molecule has 0 aliphatic carbocycles. The number of para-hydroxylation sites is 1. The fourth-order valence-corrected chi connectivity index (χ4v) is 3.07. The highest BCUT2D eigenvalue weighted by Crippen LogP contribution is 2.21. The lowest BCUT2D eigenvalue weighted by Gasteiger charge is -2.10. The maximum Gasteiger partial charge on any atom is 0.259 e. The third kappa shape index (κ3) is 4.77. The van der Waals surface area contributed by atoms with Gasteiger partial charge in [-0.3, -0.25) is 19.7 Å². The molecule has 3 rings (SSSR count). The Morgan fingerprint density at radius 3 is 2.37 bits per heavy atom. The van der Waals surface area contributed by atoms with Crippen LogP contribution in [0.1, 0.15) is 26.4 Å². The molecule has 0 aliphatic heterocycles. The molecule has 0 saturated carbocycles. The number of anilines is 2. The number of carbonyl (C=O) groups excluding carboxylic acids is 3. The number of hydrogen-bond donors (Lipinski definition) is 3. The van der Waals surface area contributed by atoms with Gasteiger partial charge >= 0.3 is 0 Å². The molecule has 8 heteroatoms. The van der Waals surface area contributed by atoms with Crippen LogP contribution in [0, 0.1) is 0 Å². The largest absolute Gasteiger partial charge is 0.369 e. The molecule has 27 heavy (non-hydrogen) atoms. The zero-order valence-electron chi connectivity index (χ0n) is 14.1. The highest BCUT2D eigenvalue weighted by atomic mass is 32.1. The first-order valence-corrected chi connectivity index (χ1v) is 8.90. The summed E-state index contributed by atoms with van der Waals surface area (Å²) < 4.78 is 0. The van der Waals surface area contributed by atoms with Gasteiger partial charge in [0.15, 0.2) is 5.13 Å². The van der Waals surface area contributed by atoms with E-state index in [1.807, 2.05) is 6.07 Å². The van der Waals surface area contributed by atoms with E-state index in [1.54, 1.807) is 53.9 Å². The van der Waals surface area contributed by atoms with Gasteiger partial charge in [0.2, 0.25) is 5.91 Å². The van der Waals surface area contributed by atoms with Crippen molar-refractivity contribution in [1.29, 1.82) is 0 Å². The van der Waals surface area contributed by atoms with Crippen LogP contribution in [0.25, 0.3) is 0 Å². The summed E-state index contributed by atoms with van der Waals surface area (Å²) in [5, 5.41) is 7.42. The van der Waals surface area contributed by atoms with E-state index in [9.17, 15) is 14.4 Å². The summed E-state index contributed by atoms with van der Waals surface area (Å²) in [6.45, 7) is 0. The van der Waals surface area contributed by atoms with E-state index in [0.717, 1.165) is 0 Å². The van der Waals surface area contributed by atoms with Gasteiger partial charge in [0, 0.05) is 10.9 Å². The molecule has 7 nitrogen and oxygen atoms in total. The fraction of sp³-hybridized carbons (Fsp3) is 0.0526. The predicted molar refractivity (Wildman–Crippen MR) is 104 cm³/mol. The van der Waals surface area contributed by atoms with Crippen LogP contribution >= 0.6 is 11.3 Å². The van der Waals surface area contributed by atoms with Gasteiger partial charge in [-0.25, -0.2) is 4.98 Å². The lowest BCUT2D eigenvalue weighted by molar-refractivity contribution is -0.117. The van der Waals surface area contributed by atoms with Crippen molar-refractivity contribution in [3.05, 3.63) is 76.8 Å². The van der Waals surface area contributed by atoms with E-state index in [2.05, 4.69) is 15.6 Å². The number of carbonyl (C=O) groups is 3. The number of primary amides is 1. The zero-order chi connectivity index (χ0) is 19.2. The van der Waals surface area contributed by atoms with Gasteiger partial charge in [0.25, 0.3) is 11.8 Å². The summed E-state index contributed by atoms with van der Waals surface area (Å²) in [6, 6.07) is 15.4. The fourth-order valence-electron chi connectivity index (χ4n) is 2.36. The second-order valence-corrected chi connectivity index (χ2v) is 6.47. The van der Waals surface area contributed by atoms with Crippen molar-refractivity contribution in [3.8, 4) is 0 Å². The highest BCUT2D eigenvalue weighted by molar-refractivity contribution is 7.14. The lowest BCUT2D eigenvalue weighted by Crippen LogP contribution is -2.18. The zero-order valence-corrected chi connectivity index (χ0v) is 15.0. The maximum atomic E-state index is 12.6. The molecular weight excluding hydrogens is 364 g/mol. The molecule has 0 unspecified atom stereocenters. The summed E-state index contributed by atoms with van der Waals surface area (Å²) in [6.07, 6.45) is 0.0100. The Bertz CT molecular complexity index is 985. The van der Waals surface area contributed by atoms with Crippen molar-refractivity contribution in [2.24, 2.45) is 5.73 Å². The van der Waals surface area contributed by atoms with Crippen molar-refractivity contribution in [2.75, 3.05) is 10.6 Å². The number of benzene rings is 2. The Balaban J connectivity index is 1.75. The Kier molecular flexibility index (Phi) is 5.58. The number of nitrogens with zero attached hydrogens (tertiary/aromatic N) is 1. The second kappa shape index (κ2) is 8.24. The Hall–Kier alpha value is -3.52. The van der Waals surface area contributed by atoms with Gasteiger partial charge in [0.1, 0.15) is 0 Å². The molecule has 0 fully saturated rings. The van der Waals surface area contributed by atoms with E-state index >= 15 is 0 Å². The van der Waals surface area contributed by atoms with Gasteiger partial charge in [-0.1, -0.05) is 30.3 Å². The topological polar surface area (TPSA) is 114 Å². The molecule has 3 amide bonds. The Labute approximate surface area is 159 Å². The number of hydrogen-bond acceptors (Lipinski definition) is 5. The average molecular weight is 380 g/mol. The van der Waals surface area contributed by atoms with Crippen LogP contribution in [0.2, 0.25) is 0 Å². The smallest absolute Gasteiger partial charge is 0.259 e. The summed E-state index contributed by atoms with van der Waals surface area (Å²) in [4.78, 5) is 40.1. The van der Waals surface area contributed by atoms with Gasteiger partial charge in [0.05, 0.1) is 23.4 Å². The van der Waals surface area contributed by atoms with Crippen LogP contribution in [0.15, 0.2) is 60.0 Å². The van der Waals surface area contributed by atoms with Crippen LogP contribution in [0.3, 0.4) is 0 Å². The molecule has 0 spiro atoms. The van der Waals surface area contributed by atoms with Crippen molar-refractivity contribution < 1.29 is 14.4 Å². The van der Waals surface area contributed by atoms with E-state index < -0.39 is 11.8 Å². The summed E-state index contributed by atoms with van der Waals surface area (Å²) >= 11 is 1.19. The molecule has 2 aromatic carbocycles. The minimum atomic E-state index is -0.493. The third-order valence-corrected chi connectivity index (χ3v) is 4.39. The standard InChI is InChI=1S/C19H16N4O3S/c20-16(24)10-13-11-27-19(21-13)23-18(26)14-8-4-5-9-15(14)22-17(25)12-6-2-1-3-7-12/h1-9,11H,10H2,(H2,20,24)(H,22,25)(H,21,23,26). The number of amides is 3. The molecular formula is C19H16N4O3S. The molecule has 136 valence electrons. The van der Waals surface area contributed by atoms with Crippen molar-refractivity contribution in [2.45, 2.75) is 6.42 Å². The average Bonchev–Trinajstić information content (AvgIpc) is 3.08. The normalized spacial score (nSPS) is 10.2. The van der Waals surface area contributed by atoms with Gasteiger partial charge < -0.3 is 11.1 Å². The second-order valence-electron chi connectivity index (χ2n) is 5.61. The van der Waals surface area contributed by atoms with Crippen molar-refractivity contribution in [1.82, 2.24) is 4.98 Å². The van der Waals surface area contributed by atoms with Crippen LogP contribution in [0.5, 0.6) is 0 Å². The number of aromatic nitrogens is 1. The van der Waals surface area contributed by atoms with Crippen molar-refractivity contribution in [3.63, 3.8) is 0 Å². The first kappa shape index (κ1) is 18.3. The molecule has 1 heterocycles.